The molecule has 0 unspecified atom stereocenters. The van der Waals surface area contributed by atoms with Crippen LogP contribution in [0.1, 0.15) is 57.2 Å². The number of amides is 3. The van der Waals surface area contributed by atoms with Gasteiger partial charge in [-0.1, -0.05) is 12.8 Å². The van der Waals surface area contributed by atoms with E-state index in [1.54, 1.807) is 0 Å². The van der Waals surface area contributed by atoms with Crippen LogP contribution in [0.4, 0.5) is 4.79 Å². The van der Waals surface area contributed by atoms with Crippen LogP contribution < -0.4 is 10.6 Å². The molecule has 8 nitrogen and oxygen atoms in total. The summed E-state index contributed by atoms with van der Waals surface area (Å²) >= 11 is 0. The smallest absolute Gasteiger partial charge is 0.321 e. The number of imide groups is 1. The third kappa shape index (κ3) is 4.11. The van der Waals surface area contributed by atoms with E-state index < -0.39 is 0 Å². The van der Waals surface area contributed by atoms with E-state index >= 15 is 0 Å². The van der Waals surface area contributed by atoms with Gasteiger partial charge in [-0.15, -0.1) is 0 Å². The molecule has 1 aromatic rings. The topological polar surface area (TPSA) is 103 Å². The van der Waals surface area contributed by atoms with E-state index in [1.165, 1.54) is 6.33 Å². The molecule has 1 aromatic heterocycles. The Balaban J connectivity index is 1.43. The van der Waals surface area contributed by atoms with Gasteiger partial charge in [-0.2, -0.15) is 5.10 Å². The number of aromatic nitrogens is 3. The molecule has 3 amide bonds. The van der Waals surface area contributed by atoms with Crippen LogP contribution in [-0.4, -0.2) is 57.2 Å². The minimum Gasteiger partial charge on any atom is -0.335 e. The van der Waals surface area contributed by atoms with Crippen LogP contribution in [0, 0.1) is 0 Å². The average molecular weight is 334 g/mol. The van der Waals surface area contributed by atoms with E-state index in [1.807, 2.05) is 6.92 Å². The van der Waals surface area contributed by atoms with Gasteiger partial charge in [-0.3, -0.25) is 20.1 Å². The first-order valence-electron chi connectivity index (χ1n) is 8.84. The molecule has 0 bridgehead atoms. The Labute approximate surface area is 141 Å². The van der Waals surface area contributed by atoms with Crippen molar-refractivity contribution >= 4 is 11.9 Å². The van der Waals surface area contributed by atoms with Crippen molar-refractivity contribution in [2.75, 3.05) is 13.1 Å². The summed E-state index contributed by atoms with van der Waals surface area (Å²) in [4.78, 5) is 30.5. The Morgan fingerprint density at radius 3 is 2.58 bits per heavy atom. The van der Waals surface area contributed by atoms with Crippen molar-refractivity contribution in [1.82, 2.24) is 30.7 Å². The molecule has 24 heavy (non-hydrogen) atoms. The summed E-state index contributed by atoms with van der Waals surface area (Å²) in [5, 5.41) is 12.2. The standard InChI is InChI=1S/C16H26N6O2/c1-11(15(23)20-16(24)19-13-4-2-3-5-13)22-8-6-12(7-9-22)14-17-10-18-21-14/h10-13H,2-9H2,1H3,(H,17,18,21)(H2,19,20,23,24)/t11-/m1/s1. The predicted molar refractivity (Wildman–Crippen MR) is 88.3 cm³/mol. The summed E-state index contributed by atoms with van der Waals surface area (Å²) in [6.45, 7) is 3.47. The van der Waals surface area contributed by atoms with Gasteiger partial charge < -0.3 is 5.32 Å². The lowest BCUT2D eigenvalue weighted by atomic mass is 9.95. The molecule has 2 fully saturated rings. The fourth-order valence-electron chi connectivity index (χ4n) is 3.65. The number of likely N-dealkylation sites (tertiary alicyclic amines) is 1. The van der Waals surface area contributed by atoms with Crippen LogP contribution >= 0.6 is 0 Å². The Hall–Kier alpha value is -1.96. The monoisotopic (exact) mass is 334 g/mol. The molecule has 1 saturated heterocycles. The van der Waals surface area contributed by atoms with E-state index in [9.17, 15) is 9.59 Å². The number of H-pyrrole nitrogens is 1. The number of aromatic amines is 1. The lowest BCUT2D eigenvalue weighted by Crippen LogP contribution is -2.52. The van der Waals surface area contributed by atoms with Crippen LogP contribution in [0.5, 0.6) is 0 Å². The molecular weight excluding hydrogens is 308 g/mol. The van der Waals surface area contributed by atoms with Crippen molar-refractivity contribution in [3.8, 4) is 0 Å². The zero-order valence-electron chi connectivity index (χ0n) is 14.1. The molecule has 132 valence electrons. The molecule has 1 aliphatic carbocycles. The molecule has 3 rings (SSSR count). The normalized spacial score (nSPS) is 21.5. The quantitative estimate of drug-likeness (QED) is 0.766. The van der Waals surface area contributed by atoms with E-state index in [0.29, 0.717) is 5.92 Å². The second-order valence-electron chi connectivity index (χ2n) is 6.80. The minimum atomic E-state index is -0.365. The lowest BCUT2D eigenvalue weighted by molar-refractivity contribution is -0.125. The van der Waals surface area contributed by atoms with E-state index in [0.717, 1.165) is 57.4 Å². The van der Waals surface area contributed by atoms with Gasteiger partial charge in [-0.25, -0.2) is 9.78 Å². The number of rotatable bonds is 4. The number of hydrogen-bond acceptors (Lipinski definition) is 5. The summed E-state index contributed by atoms with van der Waals surface area (Å²) < 4.78 is 0. The molecule has 2 aliphatic rings. The van der Waals surface area contributed by atoms with Gasteiger partial charge in [0.2, 0.25) is 5.91 Å². The van der Waals surface area contributed by atoms with E-state index in [4.69, 9.17) is 0 Å². The van der Waals surface area contributed by atoms with Crippen molar-refractivity contribution in [2.45, 2.75) is 63.5 Å². The Kier molecular flexibility index (Phi) is 5.44. The van der Waals surface area contributed by atoms with Crippen LogP contribution in [0.25, 0.3) is 0 Å². The molecule has 0 radical (unpaired) electrons. The molecule has 3 N–H and O–H groups in total. The number of hydrogen-bond donors (Lipinski definition) is 3. The van der Waals surface area contributed by atoms with Crippen LogP contribution in [-0.2, 0) is 4.79 Å². The SMILES string of the molecule is C[C@H](C(=O)NC(=O)NC1CCCC1)N1CCC(c2ncn[nH]2)CC1. The highest BCUT2D eigenvalue weighted by Gasteiger charge is 2.29. The van der Waals surface area contributed by atoms with Crippen molar-refractivity contribution in [3.05, 3.63) is 12.2 Å². The molecule has 1 saturated carbocycles. The number of nitrogens with one attached hydrogen (secondary N) is 3. The highest BCUT2D eigenvalue weighted by molar-refractivity contribution is 5.96. The number of carbonyl (C=O) groups is 2. The highest BCUT2D eigenvalue weighted by Crippen LogP contribution is 2.26. The first-order chi connectivity index (χ1) is 11.6. The summed E-state index contributed by atoms with van der Waals surface area (Å²) in [6.07, 6.45) is 7.70. The van der Waals surface area contributed by atoms with Gasteiger partial charge >= 0.3 is 6.03 Å². The fourth-order valence-corrected chi connectivity index (χ4v) is 3.65. The second-order valence-corrected chi connectivity index (χ2v) is 6.80. The van der Waals surface area contributed by atoms with Crippen molar-refractivity contribution in [2.24, 2.45) is 0 Å². The highest BCUT2D eigenvalue weighted by atomic mass is 16.2. The Morgan fingerprint density at radius 2 is 1.96 bits per heavy atom. The Bertz CT molecular complexity index is 547. The molecular formula is C16H26N6O2. The zero-order valence-corrected chi connectivity index (χ0v) is 14.1. The third-order valence-electron chi connectivity index (χ3n) is 5.20. The number of carbonyl (C=O) groups excluding carboxylic acids is 2. The number of piperidine rings is 1. The maximum atomic E-state index is 12.3. The summed E-state index contributed by atoms with van der Waals surface area (Å²) in [6, 6.07) is -0.462. The van der Waals surface area contributed by atoms with Crippen LogP contribution in [0.3, 0.4) is 0 Å². The first-order valence-corrected chi connectivity index (χ1v) is 8.84. The van der Waals surface area contributed by atoms with Crippen molar-refractivity contribution < 1.29 is 9.59 Å². The average Bonchev–Trinajstić information content (AvgIpc) is 3.27. The van der Waals surface area contributed by atoms with E-state index in [-0.39, 0.29) is 24.0 Å². The fraction of sp³-hybridized carbons (Fsp3) is 0.750. The van der Waals surface area contributed by atoms with Crippen molar-refractivity contribution in [1.29, 1.82) is 0 Å². The van der Waals surface area contributed by atoms with E-state index in [2.05, 4.69) is 30.7 Å². The van der Waals surface area contributed by atoms with Gasteiger partial charge in [-0.05, 0) is 45.7 Å². The predicted octanol–water partition coefficient (Wildman–Crippen LogP) is 1.14. The Morgan fingerprint density at radius 1 is 1.25 bits per heavy atom. The summed E-state index contributed by atoms with van der Waals surface area (Å²) in [5.41, 5.74) is 0. The maximum Gasteiger partial charge on any atom is 0.321 e. The summed E-state index contributed by atoms with van der Waals surface area (Å²) in [7, 11) is 0. The summed E-state index contributed by atoms with van der Waals surface area (Å²) in [5.74, 6) is 1.05. The zero-order chi connectivity index (χ0) is 16.9. The molecule has 1 atom stereocenters. The van der Waals surface area contributed by atoms with Crippen molar-refractivity contribution in [3.63, 3.8) is 0 Å². The third-order valence-corrected chi connectivity index (χ3v) is 5.20. The molecule has 0 aromatic carbocycles. The van der Waals surface area contributed by atoms with Gasteiger partial charge in [0, 0.05) is 12.0 Å². The lowest BCUT2D eigenvalue weighted by Gasteiger charge is -2.34. The van der Waals surface area contributed by atoms with Crippen LogP contribution in [0.2, 0.25) is 0 Å². The molecule has 8 heteroatoms. The first kappa shape index (κ1) is 16.9. The maximum absolute atomic E-state index is 12.3. The van der Waals surface area contributed by atoms with Gasteiger partial charge in [0.1, 0.15) is 12.2 Å². The van der Waals surface area contributed by atoms with Gasteiger partial charge in [0.05, 0.1) is 6.04 Å². The molecule has 1 aliphatic heterocycles. The molecule has 0 spiro atoms. The number of nitrogens with zero attached hydrogens (tertiary/aromatic N) is 3. The largest absolute Gasteiger partial charge is 0.335 e. The minimum absolute atomic E-state index is 0.214. The second kappa shape index (κ2) is 7.74. The number of urea groups is 1. The van der Waals surface area contributed by atoms with Gasteiger partial charge in [0.25, 0.3) is 0 Å². The molecule has 2 heterocycles. The van der Waals surface area contributed by atoms with Crippen LogP contribution in [0.15, 0.2) is 6.33 Å². The van der Waals surface area contributed by atoms with Gasteiger partial charge in [0.15, 0.2) is 0 Å².